The molecule has 1 N–H and O–H groups in total. The molecule has 0 spiro atoms. The Kier molecular flexibility index (Phi) is 6.71. The number of nitrogens with one attached hydrogen (secondary N) is 1. The number of aryl methyl sites for hydroxylation is 2. The third-order valence-electron chi connectivity index (χ3n) is 7.04. The van der Waals surface area contributed by atoms with Gasteiger partial charge in [0.2, 0.25) is 5.89 Å². The Morgan fingerprint density at radius 2 is 2.00 bits per heavy atom. The minimum absolute atomic E-state index is 0.110. The number of rotatable bonds is 7. The first-order valence-corrected chi connectivity index (χ1v) is 14.4. The second-order valence-electron chi connectivity index (χ2n) is 9.43. The topological polar surface area (TPSA) is 103 Å². The predicted octanol–water partition coefficient (Wildman–Crippen LogP) is 5.65. The van der Waals surface area contributed by atoms with Gasteiger partial charge in [0.05, 0.1) is 23.9 Å². The molecule has 6 rings (SSSR count). The van der Waals surface area contributed by atoms with Gasteiger partial charge in [-0.3, -0.25) is 14.2 Å². The standard InChI is InChI=1S/C26H28N4O4S2/c31-23(27-13-17-9-6-12-33-17)19-14-34-21(28-19)15-35-26-29-24-22(18-10-4-5-11-20(18)36-24)25(32)30(26)16-7-2-1-3-8-16/h6,9,12,14,16H,1-5,7-8,10-11,13,15H2,(H,27,31). The number of oxazole rings is 1. The van der Waals surface area contributed by atoms with Crippen LogP contribution in [0.4, 0.5) is 0 Å². The van der Waals surface area contributed by atoms with Gasteiger partial charge in [0.15, 0.2) is 10.9 Å². The van der Waals surface area contributed by atoms with Gasteiger partial charge in [-0.1, -0.05) is 31.0 Å². The van der Waals surface area contributed by atoms with Crippen LogP contribution in [-0.2, 0) is 25.1 Å². The maximum Gasteiger partial charge on any atom is 0.273 e. The van der Waals surface area contributed by atoms with E-state index in [9.17, 15) is 9.59 Å². The highest BCUT2D eigenvalue weighted by Crippen LogP contribution is 2.37. The SMILES string of the molecule is O=C(NCc1ccco1)c1coc(CSc2nc3sc4c(c3c(=O)n2C2CCCCC2)CCCC4)n1. The van der Waals surface area contributed by atoms with Crippen molar-refractivity contribution in [3.8, 4) is 0 Å². The third kappa shape index (κ3) is 4.64. The number of thiophene rings is 1. The first kappa shape index (κ1) is 23.5. The van der Waals surface area contributed by atoms with Crippen LogP contribution in [0, 0.1) is 0 Å². The van der Waals surface area contributed by atoms with Crippen LogP contribution >= 0.6 is 23.1 Å². The minimum atomic E-state index is -0.325. The Balaban J connectivity index is 1.25. The molecule has 4 aromatic heterocycles. The molecule has 0 aliphatic heterocycles. The van der Waals surface area contributed by atoms with Gasteiger partial charge in [0.25, 0.3) is 11.5 Å². The first-order chi connectivity index (χ1) is 17.7. The molecule has 1 fully saturated rings. The lowest BCUT2D eigenvalue weighted by Gasteiger charge is -2.26. The summed E-state index contributed by atoms with van der Waals surface area (Å²) < 4.78 is 12.8. The Hall–Kier alpha value is -2.85. The highest BCUT2D eigenvalue weighted by molar-refractivity contribution is 7.98. The predicted molar refractivity (Wildman–Crippen MR) is 139 cm³/mol. The maximum atomic E-state index is 13.9. The van der Waals surface area contributed by atoms with Crippen LogP contribution in [0.15, 0.2) is 43.4 Å². The van der Waals surface area contributed by atoms with Crippen molar-refractivity contribution in [3.63, 3.8) is 0 Å². The van der Waals surface area contributed by atoms with Crippen molar-refractivity contribution < 1.29 is 13.6 Å². The van der Waals surface area contributed by atoms with Crippen LogP contribution in [0.3, 0.4) is 0 Å². The van der Waals surface area contributed by atoms with E-state index in [-0.39, 0.29) is 29.7 Å². The lowest BCUT2D eigenvalue weighted by Crippen LogP contribution is -2.29. The third-order valence-corrected chi connectivity index (χ3v) is 9.16. The monoisotopic (exact) mass is 524 g/mol. The van der Waals surface area contributed by atoms with Crippen molar-refractivity contribution in [3.05, 3.63) is 62.8 Å². The molecule has 0 bridgehead atoms. The zero-order valence-electron chi connectivity index (χ0n) is 20.0. The van der Waals surface area contributed by atoms with E-state index in [0.717, 1.165) is 60.3 Å². The summed E-state index contributed by atoms with van der Waals surface area (Å²) >= 11 is 3.14. The zero-order valence-corrected chi connectivity index (χ0v) is 21.6. The van der Waals surface area contributed by atoms with Gasteiger partial charge in [-0.2, -0.15) is 0 Å². The van der Waals surface area contributed by atoms with Crippen LogP contribution in [0.1, 0.15) is 83.6 Å². The summed E-state index contributed by atoms with van der Waals surface area (Å²) in [6.07, 6.45) is 12.8. The fourth-order valence-corrected chi connectivity index (χ4v) is 7.46. The van der Waals surface area contributed by atoms with Gasteiger partial charge in [-0.15, -0.1) is 11.3 Å². The van der Waals surface area contributed by atoms with Crippen LogP contribution in [-0.4, -0.2) is 20.4 Å². The summed E-state index contributed by atoms with van der Waals surface area (Å²) in [6, 6.07) is 3.75. The van der Waals surface area contributed by atoms with E-state index in [4.69, 9.17) is 13.8 Å². The molecule has 188 valence electrons. The molecule has 2 aliphatic rings. The maximum absolute atomic E-state index is 13.9. The Labute approximate surface area is 216 Å². The molecular weight excluding hydrogens is 496 g/mol. The second-order valence-corrected chi connectivity index (χ2v) is 11.5. The number of thioether (sulfide) groups is 1. The molecule has 36 heavy (non-hydrogen) atoms. The van der Waals surface area contributed by atoms with E-state index >= 15 is 0 Å². The van der Waals surface area contributed by atoms with Gasteiger partial charge >= 0.3 is 0 Å². The van der Waals surface area contributed by atoms with Gasteiger partial charge in [-0.25, -0.2) is 9.97 Å². The fraction of sp³-hybridized carbons (Fsp3) is 0.462. The average Bonchev–Trinajstić information content (AvgIpc) is 3.66. The molecule has 10 heteroatoms. The highest BCUT2D eigenvalue weighted by Gasteiger charge is 2.26. The molecule has 1 saturated carbocycles. The van der Waals surface area contributed by atoms with Crippen molar-refractivity contribution in [1.29, 1.82) is 0 Å². The van der Waals surface area contributed by atoms with E-state index < -0.39 is 0 Å². The molecule has 0 atom stereocenters. The lowest BCUT2D eigenvalue weighted by atomic mass is 9.94. The molecule has 4 heterocycles. The van der Waals surface area contributed by atoms with Gasteiger partial charge in [-0.05, 0) is 56.2 Å². The van der Waals surface area contributed by atoms with Gasteiger partial charge < -0.3 is 14.2 Å². The lowest BCUT2D eigenvalue weighted by molar-refractivity contribution is 0.0943. The van der Waals surface area contributed by atoms with Crippen molar-refractivity contribution in [2.24, 2.45) is 0 Å². The molecular formula is C26H28N4O4S2. The Bertz CT molecular complexity index is 1430. The number of fused-ring (bicyclic) bond motifs is 3. The first-order valence-electron chi connectivity index (χ1n) is 12.6. The summed E-state index contributed by atoms with van der Waals surface area (Å²) in [5.74, 6) is 1.16. The summed E-state index contributed by atoms with van der Waals surface area (Å²) in [5, 5.41) is 4.34. The minimum Gasteiger partial charge on any atom is -0.467 e. The summed E-state index contributed by atoms with van der Waals surface area (Å²) in [5.41, 5.74) is 1.56. The summed E-state index contributed by atoms with van der Waals surface area (Å²) in [6.45, 7) is 0.283. The van der Waals surface area contributed by atoms with Crippen molar-refractivity contribution in [2.45, 2.75) is 81.3 Å². The fourth-order valence-electron chi connectivity index (χ4n) is 5.24. The number of carbonyl (C=O) groups excluding carboxylic acids is 1. The number of amides is 1. The molecule has 8 nitrogen and oxygen atoms in total. The van der Waals surface area contributed by atoms with E-state index in [1.807, 2.05) is 4.57 Å². The van der Waals surface area contributed by atoms with Crippen molar-refractivity contribution in [2.75, 3.05) is 0 Å². The molecule has 4 aromatic rings. The average molecular weight is 525 g/mol. The number of carbonyl (C=O) groups is 1. The normalized spacial score (nSPS) is 16.3. The van der Waals surface area contributed by atoms with Gasteiger partial charge in [0, 0.05) is 10.9 Å². The van der Waals surface area contributed by atoms with E-state index in [2.05, 4.69) is 10.3 Å². The van der Waals surface area contributed by atoms with Crippen LogP contribution in [0.5, 0.6) is 0 Å². The summed E-state index contributed by atoms with van der Waals surface area (Å²) in [7, 11) is 0. The highest BCUT2D eigenvalue weighted by atomic mass is 32.2. The number of nitrogens with zero attached hydrogens (tertiary/aromatic N) is 3. The number of furan rings is 1. The van der Waals surface area contributed by atoms with Crippen LogP contribution < -0.4 is 10.9 Å². The molecule has 1 amide bonds. The smallest absolute Gasteiger partial charge is 0.273 e. The van der Waals surface area contributed by atoms with E-state index in [1.165, 1.54) is 41.3 Å². The van der Waals surface area contributed by atoms with Crippen molar-refractivity contribution >= 4 is 39.2 Å². The summed E-state index contributed by atoms with van der Waals surface area (Å²) in [4.78, 5) is 37.9. The molecule has 0 unspecified atom stereocenters. The number of hydrogen-bond donors (Lipinski definition) is 1. The van der Waals surface area contributed by atoms with Crippen LogP contribution in [0.2, 0.25) is 0 Å². The molecule has 0 aromatic carbocycles. The quantitative estimate of drug-likeness (QED) is 0.246. The Morgan fingerprint density at radius 3 is 2.83 bits per heavy atom. The van der Waals surface area contributed by atoms with E-state index in [1.54, 1.807) is 29.7 Å². The van der Waals surface area contributed by atoms with Crippen LogP contribution in [0.25, 0.3) is 10.2 Å². The van der Waals surface area contributed by atoms with Crippen molar-refractivity contribution in [1.82, 2.24) is 19.9 Å². The largest absolute Gasteiger partial charge is 0.467 e. The van der Waals surface area contributed by atoms with Gasteiger partial charge in [0.1, 0.15) is 16.9 Å². The number of hydrogen-bond acceptors (Lipinski definition) is 8. The number of aromatic nitrogens is 3. The Morgan fingerprint density at radius 1 is 1.14 bits per heavy atom. The zero-order chi connectivity index (χ0) is 24.5. The molecule has 0 radical (unpaired) electrons. The van der Waals surface area contributed by atoms with E-state index in [0.29, 0.717) is 17.4 Å². The molecule has 2 aliphatic carbocycles. The molecule has 0 saturated heterocycles. The second kappa shape index (κ2) is 10.3.